The smallest absolute Gasteiger partial charge is 0.265 e. The van der Waals surface area contributed by atoms with Gasteiger partial charge in [-0.25, -0.2) is 0 Å². The van der Waals surface area contributed by atoms with E-state index in [1.54, 1.807) is 43.0 Å². The molecular weight excluding hydrogens is 306 g/mol. The first-order valence-corrected chi connectivity index (χ1v) is 8.06. The fourth-order valence-corrected chi connectivity index (χ4v) is 2.30. The molecule has 5 heteroatoms. The zero-order valence-electron chi connectivity index (χ0n) is 11.8. The summed E-state index contributed by atoms with van der Waals surface area (Å²) in [5.74, 6) is 0.420. The Labute approximate surface area is 133 Å². The van der Waals surface area contributed by atoms with E-state index < -0.39 is 6.10 Å². The number of amides is 1. The van der Waals surface area contributed by atoms with Crippen LogP contribution >= 0.6 is 23.4 Å². The number of hydrogen-bond acceptors (Lipinski definition) is 3. The second kappa shape index (κ2) is 7.38. The van der Waals surface area contributed by atoms with Crippen molar-refractivity contribution in [2.75, 3.05) is 11.6 Å². The molecule has 0 spiro atoms. The van der Waals surface area contributed by atoms with Crippen molar-refractivity contribution in [3.63, 3.8) is 0 Å². The lowest BCUT2D eigenvalue weighted by molar-refractivity contribution is -0.122. The maximum absolute atomic E-state index is 12.1. The zero-order chi connectivity index (χ0) is 15.2. The summed E-state index contributed by atoms with van der Waals surface area (Å²) in [4.78, 5) is 13.2. The molecule has 0 aliphatic carbocycles. The monoisotopic (exact) mass is 321 g/mol. The van der Waals surface area contributed by atoms with Gasteiger partial charge in [0.1, 0.15) is 5.75 Å². The van der Waals surface area contributed by atoms with Crippen molar-refractivity contribution in [2.45, 2.75) is 17.9 Å². The second-order valence-electron chi connectivity index (χ2n) is 4.44. The Morgan fingerprint density at radius 3 is 2.62 bits per heavy atom. The fraction of sp³-hybridized carbons (Fsp3) is 0.188. The van der Waals surface area contributed by atoms with Crippen molar-refractivity contribution in [2.24, 2.45) is 0 Å². The number of hydrogen-bond donors (Lipinski definition) is 1. The van der Waals surface area contributed by atoms with E-state index in [2.05, 4.69) is 5.32 Å². The maximum atomic E-state index is 12.1. The summed E-state index contributed by atoms with van der Waals surface area (Å²) in [6.45, 7) is 1.71. The topological polar surface area (TPSA) is 38.3 Å². The highest BCUT2D eigenvalue weighted by atomic mass is 35.5. The van der Waals surface area contributed by atoms with Crippen LogP contribution in [-0.2, 0) is 4.79 Å². The standard InChI is InChI=1S/C16H16ClNO2S/c1-11(20-14-8-6-12(17)7-9-14)16(19)18-13-4-3-5-15(10-13)21-2/h3-11H,1-2H3,(H,18,19)/t11-/m1/s1. The van der Waals surface area contributed by atoms with Gasteiger partial charge in [-0.3, -0.25) is 4.79 Å². The summed E-state index contributed by atoms with van der Waals surface area (Å²) in [6, 6.07) is 14.6. The minimum Gasteiger partial charge on any atom is -0.481 e. The van der Waals surface area contributed by atoms with Gasteiger partial charge in [-0.2, -0.15) is 0 Å². The number of carbonyl (C=O) groups is 1. The van der Waals surface area contributed by atoms with Gasteiger partial charge in [-0.15, -0.1) is 11.8 Å². The van der Waals surface area contributed by atoms with Crippen molar-refractivity contribution in [1.82, 2.24) is 0 Å². The third kappa shape index (κ3) is 4.69. The Hall–Kier alpha value is -1.65. The molecule has 2 aromatic rings. The molecule has 0 saturated heterocycles. The first-order valence-electron chi connectivity index (χ1n) is 6.45. The van der Waals surface area contributed by atoms with Crippen LogP contribution in [0.4, 0.5) is 5.69 Å². The van der Waals surface area contributed by atoms with Gasteiger partial charge in [0.05, 0.1) is 0 Å². The van der Waals surface area contributed by atoms with Crippen molar-refractivity contribution in [1.29, 1.82) is 0 Å². The predicted molar refractivity (Wildman–Crippen MR) is 88.4 cm³/mol. The van der Waals surface area contributed by atoms with Crippen LogP contribution in [0.15, 0.2) is 53.4 Å². The number of carbonyl (C=O) groups excluding carboxylic acids is 1. The summed E-state index contributed by atoms with van der Waals surface area (Å²) in [7, 11) is 0. The molecule has 0 unspecified atom stereocenters. The van der Waals surface area contributed by atoms with E-state index in [4.69, 9.17) is 16.3 Å². The van der Waals surface area contributed by atoms with Crippen LogP contribution in [-0.4, -0.2) is 18.3 Å². The zero-order valence-corrected chi connectivity index (χ0v) is 13.4. The van der Waals surface area contributed by atoms with Crippen LogP contribution in [0, 0.1) is 0 Å². The molecule has 0 aliphatic rings. The number of benzene rings is 2. The number of anilines is 1. The van der Waals surface area contributed by atoms with Gasteiger partial charge in [-0.1, -0.05) is 17.7 Å². The van der Waals surface area contributed by atoms with E-state index in [1.807, 2.05) is 30.5 Å². The first-order chi connectivity index (χ1) is 10.1. The third-order valence-corrected chi connectivity index (χ3v) is 3.81. The van der Waals surface area contributed by atoms with E-state index in [0.29, 0.717) is 10.8 Å². The van der Waals surface area contributed by atoms with Crippen LogP contribution in [0.2, 0.25) is 5.02 Å². The van der Waals surface area contributed by atoms with Gasteiger partial charge < -0.3 is 10.1 Å². The van der Waals surface area contributed by atoms with Gasteiger partial charge in [0.2, 0.25) is 0 Å². The molecule has 110 valence electrons. The normalized spacial score (nSPS) is 11.8. The molecular formula is C16H16ClNO2S. The largest absolute Gasteiger partial charge is 0.481 e. The SMILES string of the molecule is CSc1cccc(NC(=O)[C@@H](C)Oc2ccc(Cl)cc2)c1. The van der Waals surface area contributed by atoms with Gasteiger partial charge in [-0.05, 0) is 55.6 Å². The Morgan fingerprint density at radius 1 is 1.24 bits per heavy atom. The predicted octanol–water partition coefficient (Wildman–Crippen LogP) is 4.47. The molecule has 0 heterocycles. The van der Waals surface area contributed by atoms with E-state index in [9.17, 15) is 4.79 Å². The second-order valence-corrected chi connectivity index (χ2v) is 5.75. The van der Waals surface area contributed by atoms with Crippen molar-refractivity contribution in [3.8, 4) is 5.75 Å². The van der Waals surface area contributed by atoms with Crippen molar-refractivity contribution < 1.29 is 9.53 Å². The molecule has 1 N–H and O–H groups in total. The van der Waals surface area contributed by atoms with Crippen LogP contribution in [0.25, 0.3) is 0 Å². The van der Waals surface area contributed by atoms with Crippen LogP contribution in [0.1, 0.15) is 6.92 Å². The molecule has 0 bridgehead atoms. The molecule has 0 saturated carbocycles. The molecule has 0 aromatic heterocycles. The van der Waals surface area contributed by atoms with E-state index >= 15 is 0 Å². The lowest BCUT2D eigenvalue weighted by Crippen LogP contribution is -2.30. The van der Waals surface area contributed by atoms with Crippen molar-refractivity contribution >= 4 is 35.0 Å². The number of thioether (sulfide) groups is 1. The highest BCUT2D eigenvalue weighted by Gasteiger charge is 2.15. The molecule has 21 heavy (non-hydrogen) atoms. The average molecular weight is 322 g/mol. The quantitative estimate of drug-likeness (QED) is 0.826. The lowest BCUT2D eigenvalue weighted by Gasteiger charge is -2.15. The fourth-order valence-electron chi connectivity index (χ4n) is 1.72. The average Bonchev–Trinajstić information content (AvgIpc) is 2.49. The van der Waals surface area contributed by atoms with Gasteiger partial charge >= 0.3 is 0 Å². The molecule has 0 fully saturated rings. The summed E-state index contributed by atoms with van der Waals surface area (Å²) < 4.78 is 5.58. The summed E-state index contributed by atoms with van der Waals surface area (Å²) in [5, 5.41) is 3.48. The summed E-state index contributed by atoms with van der Waals surface area (Å²) in [6.07, 6.45) is 1.40. The number of rotatable bonds is 5. The Kier molecular flexibility index (Phi) is 5.53. The van der Waals surface area contributed by atoms with E-state index in [-0.39, 0.29) is 5.91 Å². The van der Waals surface area contributed by atoms with Crippen LogP contribution in [0.3, 0.4) is 0 Å². The molecule has 1 atom stereocenters. The Balaban J connectivity index is 1.97. The summed E-state index contributed by atoms with van der Waals surface area (Å²) in [5.41, 5.74) is 0.762. The first kappa shape index (κ1) is 15.7. The number of ether oxygens (including phenoxy) is 1. The molecule has 0 aliphatic heterocycles. The molecule has 2 rings (SSSR count). The maximum Gasteiger partial charge on any atom is 0.265 e. The van der Waals surface area contributed by atoms with Gasteiger partial charge in [0.25, 0.3) is 5.91 Å². The highest BCUT2D eigenvalue weighted by molar-refractivity contribution is 7.98. The van der Waals surface area contributed by atoms with E-state index in [1.165, 1.54) is 0 Å². The number of nitrogens with one attached hydrogen (secondary N) is 1. The molecule has 3 nitrogen and oxygen atoms in total. The lowest BCUT2D eigenvalue weighted by atomic mass is 10.3. The minimum atomic E-state index is -0.593. The van der Waals surface area contributed by atoms with E-state index in [0.717, 1.165) is 10.6 Å². The highest BCUT2D eigenvalue weighted by Crippen LogP contribution is 2.20. The summed E-state index contributed by atoms with van der Waals surface area (Å²) >= 11 is 7.44. The van der Waals surface area contributed by atoms with Gasteiger partial charge in [0, 0.05) is 15.6 Å². The Bertz CT molecular complexity index is 616. The molecule has 2 aromatic carbocycles. The van der Waals surface area contributed by atoms with Crippen molar-refractivity contribution in [3.05, 3.63) is 53.6 Å². The van der Waals surface area contributed by atoms with Gasteiger partial charge in [0.15, 0.2) is 6.10 Å². The number of halogens is 1. The Morgan fingerprint density at radius 2 is 1.95 bits per heavy atom. The molecule has 1 amide bonds. The molecule has 0 radical (unpaired) electrons. The third-order valence-electron chi connectivity index (χ3n) is 2.83. The van der Waals surface area contributed by atoms with Crippen LogP contribution in [0.5, 0.6) is 5.75 Å². The van der Waals surface area contributed by atoms with Crippen LogP contribution < -0.4 is 10.1 Å². The minimum absolute atomic E-state index is 0.191.